The zero-order valence-electron chi connectivity index (χ0n) is 17.5. The molecule has 1 aromatic heterocycles. The van der Waals surface area contributed by atoms with E-state index in [0.717, 1.165) is 4.68 Å². The molecule has 31 heavy (non-hydrogen) atoms. The van der Waals surface area contributed by atoms with Crippen molar-refractivity contribution in [1.29, 1.82) is 0 Å². The van der Waals surface area contributed by atoms with Crippen LogP contribution in [0.2, 0.25) is 0 Å². The molecule has 0 bridgehead atoms. The fraction of sp³-hybridized carbons (Fsp3) is 0.273. The minimum Gasteiger partial charge on any atom is -0.490 e. The molecule has 1 heterocycles. The molecule has 0 saturated carbocycles. The van der Waals surface area contributed by atoms with Crippen LogP contribution in [0.1, 0.15) is 26.3 Å². The molecule has 1 atom stereocenters. The van der Waals surface area contributed by atoms with Crippen molar-refractivity contribution in [2.45, 2.75) is 26.9 Å². The quantitative estimate of drug-likeness (QED) is 0.438. The van der Waals surface area contributed by atoms with Crippen LogP contribution < -0.4 is 20.7 Å². The Morgan fingerprint density at radius 1 is 1.13 bits per heavy atom. The second-order valence-electron chi connectivity index (χ2n) is 6.49. The van der Waals surface area contributed by atoms with E-state index in [9.17, 15) is 14.4 Å². The van der Waals surface area contributed by atoms with Gasteiger partial charge in [-0.1, -0.05) is 12.1 Å². The van der Waals surface area contributed by atoms with Gasteiger partial charge >= 0.3 is 11.7 Å². The SMILES string of the molecule is CCOC(=O)[C@H](C)Oc1ccc(C=Nn2c(=O)[nH]c3ccccc3c2=O)cc1OCC. The van der Waals surface area contributed by atoms with Gasteiger partial charge in [-0.3, -0.25) is 4.79 Å². The highest BCUT2D eigenvalue weighted by molar-refractivity contribution is 5.81. The van der Waals surface area contributed by atoms with Gasteiger partial charge in [-0.15, -0.1) is 4.68 Å². The Bertz CT molecular complexity index is 1230. The van der Waals surface area contributed by atoms with Crippen LogP contribution in [-0.4, -0.2) is 41.2 Å². The molecular weight excluding hydrogens is 402 g/mol. The molecule has 0 aliphatic heterocycles. The number of aromatic nitrogens is 2. The number of nitrogens with zero attached hydrogens (tertiary/aromatic N) is 2. The zero-order valence-corrected chi connectivity index (χ0v) is 17.5. The predicted molar refractivity (Wildman–Crippen MR) is 116 cm³/mol. The van der Waals surface area contributed by atoms with Crippen molar-refractivity contribution >= 4 is 23.1 Å². The molecule has 2 aromatic carbocycles. The molecule has 0 aliphatic rings. The molecule has 162 valence electrons. The first-order chi connectivity index (χ1) is 14.9. The average Bonchev–Trinajstić information content (AvgIpc) is 2.75. The number of para-hydroxylation sites is 1. The highest BCUT2D eigenvalue weighted by atomic mass is 16.6. The highest BCUT2D eigenvalue weighted by Crippen LogP contribution is 2.29. The number of nitrogens with one attached hydrogen (secondary N) is 1. The van der Waals surface area contributed by atoms with Gasteiger partial charge in [-0.25, -0.2) is 9.59 Å². The Kier molecular flexibility index (Phi) is 6.86. The van der Waals surface area contributed by atoms with Gasteiger partial charge in [0.05, 0.1) is 30.3 Å². The van der Waals surface area contributed by atoms with Crippen molar-refractivity contribution in [3.05, 3.63) is 68.9 Å². The van der Waals surface area contributed by atoms with Crippen LogP contribution in [0.25, 0.3) is 10.9 Å². The molecule has 0 radical (unpaired) electrons. The van der Waals surface area contributed by atoms with Crippen LogP contribution in [-0.2, 0) is 9.53 Å². The van der Waals surface area contributed by atoms with Crippen molar-refractivity contribution < 1.29 is 19.0 Å². The Hall–Kier alpha value is -3.88. The van der Waals surface area contributed by atoms with Crippen molar-refractivity contribution in [3.8, 4) is 11.5 Å². The lowest BCUT2D eigenvalue weighted by atomic mass is 10.2. The highest BCUT2D eigenvalue weighted by Gasteiger charge is 2.18. The first-order valence-corrected chi connectivity index (χ1v) is 9.83. The van der Waals surface area contributed by atoms with Gasteiger partial charge < -0.3 is 19.2 Å². The standard InChI is InChI=1S/C22H23N3O6/c1-4-29-19-12-15(10-11-18(19)31-14(3)21(27)30-5-2)13-23-25-20(26)16-8-6-7-9-17(16)24-22(25)28/h6-14H,4-5H2,1-3H3,(H,24,28)/t14-/m0/s1. The summed E-state index contributed by atoms with van der Waals surface area (Å²) in [7, 11) is 0. The molecule has 0 unspecified atom stereocenters. The van der Waals surface area contributed by atoms with Crippen LogP contribution in [0.15, 0.2) is 57.2 Å². The summed E-state index contributed by atoms with van der Waals surface area (Å²) in [4.78, 5) is 39.3. The summed E-state index contributed by atoms with van der Waals surface area (Å²) >= 11 is 0. The maximum Gasteiger partial charge on any atom is 0.349 e. The maximum atomic E-state index is 12.6. The number of carbonyl (C=O) groups excluding carboxylic acids is 1. The van der Waals surface area contributed by atoms with Gasteiger partial charge in [0.15, 0.2) is 17.6 Å². The molecule has 0 amide bonds. The lowest BCUT2D eigenvalue weighted by Gasteiger charge is -2.16. The third-order valence-corrected chi connectivity index (χ3v) is 4.30. The minimum atomic E-state index is -0.812. The van der Waals surface area contributed by atoms with E-state index in [1.165, 1.54) is 6.21 Å². The Morgan fingerprint density at radius 2 is 1.90 bits per heavy atom. The third-order valence-electron chi connectivity index (χ3n) is 4.30. The van der Waals surface area contributed by atoms with E-state index in [4.69, 9.17) is 14.2 Å². The van der Waals surface area contributed by atoms with Gasteiger partial charge in [-0.05, 0) is 56.7 Å². The van der Waals surface area contributed by atoms with E-state index in [0.29, 0.717) is 34.6 Å². The molecule has 9 heteroatoms. The van der Waals surface area contributed by atoms with Gasteiger partial charge in [0.25, 0.3) is 5.56 Å². The Balaban J connectivity index is 1.90. The van der Waals surface area contributed by atoms with Gasteiger partial charge in [0.1, 0.15) is 0 Å². The molecule has 9 nitrogen and oxygen atoms in total. The molecule has 0 spiro atoms. The lowest BCUT2D eigenvalue weighted by Crippen LogP contribution is -2.32. The first kappa shape index (κ1) is 21.8. The molecule has 3 rings (SSSR count). The van der Waals surface area contributed by atoms with E-state index in [-0.39, 0.29) is 6.61 Å². The number of rotatable bonds is 8. The van der Waals surface area contributed by atoms with E-state index < -0.39 is 23.3 Å². The number of carbonyl (C=O) groups is 1. The molecule has 0 aliphatic carbocycles. The summed E-state index contributed by atoms with van der Waals surface area (Å²) in [5.41, 5.74) is -0.157. The second kappa shape index (κ2) is 9.75. The normalized spacial score (nSPS) is 12.1. The van der Waals surface area contributed by atoms with Crippen LogP contribution in [0.3, 0.4) is 0 Å². The van der Waals surface area contributed by atoms with Crippen molar-refractivity contribution in [2.24, 2.45) is 5.10 Å². The predicted octanol–water partition coefficient (Wildman–Crippen LogP) is 2.30. The van der Waals surface area contributed by atoms with Gasteiger partial charge in [-0.2, -0.15) is 5.10 Å². The van der Waals surface area contributed by atoms with Crippen LogP contribution in [0.5, 0.6) is 11.5 Å². The smallest absolute Gasteiger partial charge is 0.349 e. The van der Waals surface area contributed by atoms with E-state index >= 15 is 0 Å². The number of aromatic amines is 1. The summed E-state index contributed by atoms with van der Waals surface area (Å²) < 4.78 is 17.0. The monoisotopic (exact) mass is 425 g/mol. The number of esters is 1. The maximum absolute atomic E-state index is 12.6. The number of H-pyrrole nitrogens is 1. The summed E-state index contributed by atoms with van der Waals surface area (Å²) in [5.74, 6) is 0.271. The van der Waals surface area contributed by atoms with E-state index in [1.54, 1.807) is 56.3 Å². The molecule has 1 N–H and O–H groups in total. The molecular formula is C22H23N3O6. The van der Waals surface area contributed by atoms with E-state index in [2.05, 4.69) is 10.1 Å². The fourth-order valence-corrected chi connectivity index (χ4v) is 2.85. The summed E-state index contributed by atoms with van der Waals surface area (Å²) in [6, 6.07) is 11.6. The van der Waals surface area contributed by atoms with Gasteiger partial charge in [0.2, 0.25) is 0 Å². The Morgan fingerprint density at radius 3 is 2.65 bits per heavy atom. The van der Waals surface area contributed by atoms with Crippen LogP contribution in [0.4, 0.5) is 0 Å². The zero-order chi connectivity index (χ0) is 22.4. The first-order valence-electron chi connectivity index (χ1n) is 9.83. The van der Waals surface area contributed by atoms with Crippen molar-refractivity contribution in [1.82, 2.24) is 9.66 Å². The summed E-state index contributed by atoms with van der Waals surface area (Å²) in [6.07, 6.45) is 0.556. The molecule has 3 aromatic rings. The summed E-state index contributed by atoms with van der Waals surface area (Å²) in [6.45, 7) is 5.74. The minimum absolute atomic E-state index is 0.257. The van der Waals surface area contributed by atoms with Crippen LogP contribution >= 0.6 is 0 Å². The lowest BCUT2D eigenvalue weighted by molar-refractivity contribution is -0.150. The molecule has 0 fully saturated rings. The van der Waals surface area contributed by atoms with Crippen LogP contribution in [0, 0.1) is 0 Å². The Labute approximate surface area is 177 Å². The number of fused-ring (bicyclic) bond motifs is 1. The largest absolute Gasteiger partial charge is 0.490 e. The number of ether oxygens (including phenoxy) is 3. The van der Waals surface area contributed by atoms with Crippen molar-refractivity contribution in [3.63, 3.8) is 0 Å². The fourth-order valence-electron chi connectivity index (χ4n) is 2.85. The second-order valence-corrected chi connectivity index (χ2v) is 6.49. The van der Waals surface area contributed by atoms with Crippen molar-refractivity contribution in [2.75, 3.05) is 13.2 Å². The topological polar surface area (TPSA) is 112 Å². The summed E-state index contributed by atoms with van der Waals surface area (Å²) in [5, 5.41) is 4.39. The van der Waals surface area contributed by atoms with Gasteiger partial charge in [0, 0.05) is 0 Å². The number of benzene rings is 2. The third kappa shape index (κ3) is 5.00. The average molecular weight is 425 g/mol. The molecule has 0 saturated heterocycles. The number of hydrogen-bond acceptors (Lipinski definition) is 7. The van der Waals surface area contributed by atoms with E-state index in [1.807, 2.05) is 6.92 Å². The number of hydrogen-bond donors (Lipinski definition) is 1.